The first-order valence-corrected chi connectivity index (χ1v) is 12.5. The molecule has 1 aromatic carbocycles. The molecule has 0 saturated carbocycles. The fourth-order valence-electron chi connectivity index (χ4n) is 3.24. The van der Waals surface area contributed by atoms with Crippen LogP contribution in [0.15, 0.2) is 24.8 Å². The van der Waals surface area contributed by atoms with Crippen LogP contribution in [0.5, 0.6) is 0 Å². The van der Waals surface area contributed by atoms with Crippen molar-refractivity contribution in [2.24, 2.45) is 5.41 Å². The number of hydrogen-bond acceptors (Lipinski definition) is 5. The van der Waals surface area contributed by atoms with E-state index in [1.165, 1.54) is 17.0 Å². The lowest BCUT2D eigenvalue weighted by atomic mass is 9.86. The lowest BCUT2D eigenvalue weighted by molar-refractivity contribution is -0.136. The zero-order valence-electron chi connectivity index (χ0n) is 18.0. The first-order valence-electron chi connectivity index (χ1n) is 9.75. The van der Waals surface area contributed by atoms with Crippen LogP contribution in [0.3, 0.4) is 0 Å². The quantitative estimate of drug-likeness (QED) is 0.375. The van der Waals surface area contributed by atoms with Crippen LogP contribution in [0.4, 0.5) is 14.9 Å². The summed E-state index contributed by atoms with van der Waals surface area (Å²) < 4.78 is 31.2. The number of amides is 1. The van der Waals surface area contributed by atoms with E-state index >= 15 is 0 Å². The van der Waals surface area contributed by atoms with E-state index in [4.69, 9.17) is 13.9 Å². The van der Waals surface area contributed by atoms with E-state index in [0.29, 0.717) is 5.69 Å². The van der Waals surface area contributed by atoms with E-state index in [2.05, 4.69) is 19.7 Å². The predicted octanol–water partition coefficient (Wildman–Crippen LogP) is 4.14. The molecule has 160 valence electrons. The summed E-state index contributed by atoms with van der Waals surface area (Å²) in [6.07, 6.45) is -1.25. The summed E-state index contributed by atoms with van der Waals surface area (Å²) in [5.41, 5.74) is 0.105. The molecule has 2 rings (SSSR count). The number of rotatable bonds is 7. The highest BCUT2D eigenvalue weighted by Crippen LogP contribution is 2.33. The van der Waals surface area contributed by atoms with Crippen molar-refractivity contribution in [2.75, 3.05) is 18.1 Å². The summed E-state index contributed by atoms with van der Waals surface area (Å²) in [4.78, 5) is 25.7. The van der Waals surface area contributed by atoms with Crippen molar-refractivity contribution in [2.45, 2.75) is 53.0 Å². The van der Waals surface area contributed by atoms with Gasteiger partial charge in [0.25, 0.3) is 0 Å². The maximum Gasteiger partial charge on any atom is 0.414 e. The zero-order valence-corrected chi connectivity index (χ0v) is 19.1. The smallest absolute Gasteiger partial charge is 0.414 e. The molecule has 0 spiro atoms. The van der Waals surface area contributed by atoms with Crippen LogP contribution in [0.1, 0.15) is 33.3 Å². The number of carbonyl (C=O) groups is 2. The third kappa shape index (κ3) is 5.45. The fourth-order valence-corrected chi connectivity index (χ4v) is 4.41. The molecule has 0 N–H and O–H groups in total. The monoisotopic (exact) mass is 423 g/mol. The van der Waals surface area contributed by atoms with Gasteiger partial charge < -0.3 is 13.9 Å². The number of hydrogen-bond donors (Lipinski definition) is 0. The third-order valence-electron chi connectivity index (χ3n) is 4.56. The van der Waals surface area contributed by atoms with Gasteiger partial charge in [-0.2, -0.15) is 0 Å². The summed E-state index contributed by atoms with van der Waals surface area (Å²) in [5, 5.41) is 0. The Hall–Kier alpha value is -2.19. The van der Waals surface area contributed by atoms with Crippen LogP contribution in [0, 0.1) is 11.2 Å². The molecule has 8 heteroatoms. The molecule has 0 bridgehead atoms. The van der Waals surface area contributed by atoms with Gasteiger partial charge in [-0.05, 0) is 43.6 Å². The number of nitrogens with zero attached hydrogens (tertiary/aromatic N) is 1. The summed E-state index contributed by atoms with van der Waals surface area (Å²) in [7, 11) is -1.36. The number of halogens is 1. The van der Waals surface area contributed by atoms with Gasteiger partial charge >= 0.3 is 12.1 Å². The Morgan fingerprint density at radius 3 is 2.59 bits per heavy atom. The van der Waals surface area contributed by atoms with Gasteiger partial charge in [0.2, 0.25) is 0 Å². The number of carbonyl (C=O) groups excluding carboxylic acids is 2. The number of esters is 1. The largest absolute Gasteiger partial charge is 0.462 e. The third-order valence-corrected chi connectivity index (χ3v) is 5.39. The van der Waals surface area contributed by atoms with E-state index in [9.17, 15) is 14.0 Å². The lowest BCUT2D eigenvalue weighted by Gasteiger charge is -2.35. The molecule has 0 aliphatic carbocycles. The first kappa shape index (κ1) is 23.1. The maximum atomic E-state index is 14.6. The molecule has 0 radical (unpaired) electrons. The van der Waals surface area contributed by atoms with Gasteiger partial charge in [0, 0.05) is 5.56 Å². The molecule has 1 saturated heterocycles. The van der Waals surface area contributed by atoms with Gasteiger partial charge in [-0.3, -0.25) is 4.90 Å². The molecule has 0 aromatic heterocycles. The Kier molecular flexibility index (Phi) is 7.23. The maximum absolute atomic E-state index is 14.6. The van der Waals surface area contributed by atoms with E-state index in [0.717, 1.165) is 0 Å². The topological polar surface area (TPSA) is 65.1 Å². The number of ether oxygens (including phenoxy) is 2. The Bertz CT molecular complexity index is 790. The number of anilines is 1. The van der Waals surface area contributed by atoms with Crippen LogP contribution in [0.2, 0.25) is 13.1 Å². The molecular weight excluding hydrogens is 393 g/mol. The summed E-state index contributed by atoms with van der Waals surface area (Å²) in [6, 6.07) is 4.19. The Labute approximate surface area is 173 Å². The van der Waals surface area contributed by atoms with E-state index in [1.54, 1.807) is 13.0 Å². The lowest BCUT2D eigenvalue weighted by Crippen LogP contribution is -2.44. The summed E-state index contributed by atoms with van der Waals surface area (Å²) in [5.74, 6) is -1.34. The highest BCUT2D eigenvalue weighted by atomic mass is 28.3. The highest BCUT2D eigenvalue weighted by Gasteiger charge is 2.43. The van der Waals surface area contributed by atoms with Crippen LogP contribution in [-0.2, 0) is 18.7 Å². The Morgan fingerprint density at radius 1 is 1.41 bits per heavy atom. The van der Waals surface area contributed by atoms with Crippen molar-refractivity contribution in [1.29, 1.82) is 0 Å². The molecule has 1 heterocycles. The normalized spacial score (nSPS) is 18.0. The molecule has 1 fully saturated rings. The van der Waals surface area contributed by atoms with Crippen molar-refractivity contribution < 1.29 is 27.9 Å². The molecule has 29 heavy (non-hydrogen) atoms. The first-order chi connectivity index (χ1) is 13.5. The SMILES string of the molecule is C=C(C(=O)OCC)c1ccc(N2CC(C(O[SiH](C)C)C(C)(C)C)OC2=O)cc1F. The van der Waals surface area contributed by atoms with Crippen molar-refractivity contribution in [1.82, 2.24) is 0 Å². The predicted molar refractivity (Wildman–Crippen MR) is 113 cm³/mol. The average molecular weight is 424 g/mol. The van der Waals surface area contributed by atoms with E-state index in [-0.39, 0.29) is 35.8 Å². The Balaban J connectivity index is 2.23. The van der Waals surface area contributed by atoms with Gasteiger partial charge in [-0.25, -0.2) is 14.0 Å². The molecule has 1 amide bonds. The number of cyclic esters (lactones) is 1. The van der Waals surface area contributed by atoms with Crippen LogP contribution >= 0.6 is 0 Å². The molecule has 2 atom stereocenters. The van der Waals surface area contributed by atoms with Crippen LogP contribution in [-0.4, -0.2) is 46.5 Å². The van der Waals surface area contributed by atoms with Gasteiger partial charge in [-0.15, -0.1) is 0 Å². The number of benzene rings is 1. The molecule has 6 nitrogen and oxygen atoms in total. The van der Waals surface area contributed by atoms with E-state index < -0.39 is 33.0 Å². The molecular formula is C21H30FNO5Si. The van der Waals surface area contributed by atoms with Gasteiger partial charge in [0.05, 0.1) is 30.5 Å². The summed E-state index contributed by atoms with van der Waals surface area (Å²) >= 11 is 0. The van der Waals surface area contributed by atoms with Crippen molar-refractivity contribution in [3.05, 3.63) is 36.2 Å². The highest BCUT2D eigenvalue weighted by molar-refractivity contribution is 6.48. The van der Waals surface area contributed by atoms with Gasteiger partial charge in [0.1, 0.15) is 11.9 Å². The second kappa shape index (κ2) is 9.09. The van der Waals surface area contributed by atoms with Gasteiger partial charge in [0.15, 0.2) is 9.04 Å². The second-order valence-electron chi connectivity index (χ2n) is 8.37. The molecule has 1 aliphatic heterocycles. The Morgan fingerprint density at radius 2 is 2.07 bits per heavy atom. The molecule has 2 unspecified atom stereocenters. The zero-order chi connectivity index (χ0) is 21.9. The standard InChI is InChI=1S/C21H30FNO5Si/c1-8-26-19(24)13(2)15-10-9-14(11-16(15)22)23-12-17(27-20(23)25)18(21(3,4)5)28-29(6)7/h9-11,17-18,29H,2,8,12H2,1,3-7H3. The van der Waals surface area contributed by atoms with Crippen molar-refractivity contribution in [3.8, 4) is 0 Å². The molecule has 1 aliphatic rings. The van der Waals surface area contributed by atoms with Crippen molar-refractivity contribution >= 4 is 32.4 Å². The van der Waals surface area contributed by atoms with Crippen molar-refractivity contribution in [3.63, 3.8) is 0 Å². The van der Waals surface area contributed by atoms with Gasteiger partial charge in [-0.1, -0.05) is 27.4 Å². The minimum absolute atomic E-state index is 0.0398. The molecule has 1 aromatic rings. The van der Waals surface area contributed by atoms with Crippen LogP contribution in [0.25, 0.3) is 5.57 Å². The average Bonchev–Trinajstić information content (AvgIpc) is 2.99. The van der Waals surface area contributed by atoms with Crippen LogP contribution < -0.4 is 4.90 Å². The minimum atomic E-state index is -1.36. The minimum Gasteiger partial charge on any atom is -0.462 e. The van der Waals surface area contributed by atoms with E-state index in [1.807, 2.05) is 20.8 Å². The second-order valence-corrected chi connectivity index (χ2v) is 10.7. The fraction of sp³-hybridized carbons (Fsp3) is 0.524. The summed E-state index contributed by atoms with van der Waals surface area (Å²) in [6.45, 7) is 16.0.